The van der Waals surface area contributed by atoms with Crippen LogP contribution in [0.25, 0.3) is 22.3 Å². The molecule has 0 amide bonds. The van der Waals surface area contributed by atoms with Gasteiger partial charge in [0.1, 0.15) is 0 Å². The van der Waals surface area contributed by atoms with E-state index in [4.69, 9.17) is 0 Å². The average Bonchev–Trinajstić information content (AvgIpc) is 2.82. The molecule has 200 valence electrons. The van der Waals surface area contributed by atoms with Gasteiger partial charge < -0.3 is 9.24 Å². The highest BCUT2D eigenvalue weighted by molar-refractivity contribution is 7.28. The normalized spacial score (nSPS) is 12.3. The first-order valence-corrected chi connectivity index (χ1v) is 15.0. The minimum absolute atomic E-state index is 0.448. The third kappa shape index (κ3) is 6.06. The van der Waals surface area contributed by atoms with Gasteiger partial charge in [-0.2, -0.15) is 5.30 Å². The fraction of sp³-hybridized carbons (Fsp3) is 0.500. The first-order chi connectivity index (χ1) is 17.3. The van der Waals surface area contributed by atoms with E-state index in [0.717, 1.165) is 0 Å². The van der Waals surface area contributed by atoms with Crippen molar-refractivity contribution in [3.05, 3.63) is 75.8 Å². The van der Waals surface area contributed by atoms with Gasteiger partial charge in [0, 0.05) is 0 Å². The average molecular weight is 514 g/mol. The zero-order chi connectivity index (χ0) is 27.8. The second-order valence-corrected chi connectivity index (χ2v) is 13.3. The quantitative estimate of drug-likeness (QED) is 0.263. The van der Waals surface area contributed by atoms with Gasteiger partial charge in [0.05, 0.1) is 0 Å². The maximum Gasteiger partial charge on any atom is -0.0137 e. The van der Waals surface area contributed by atoms with Gasteiger partial charge in [0.2, 0.25) is 0 Å². The Labute approximate surface area is 230 Å². The van der Waals surface area contributed by atoms with Gasteiger partial charge in [-0.3, -0.25) is 0 Å². The summed E-state index contributed by atoms with van der Waals surface area (Å²) in [5.41, 5.74) is 14.2. The fourth-order valence-corrected chi connectivity index (χ4v) is 5.92. The van der Waals surface area contributed by atoms with Crippen molar-refractivity contribution in [1.82, 2.24) is 0 Å². The molecule has 0 spiro atoms. The van der Waals surface area contributed by atoms with E-state index in [1.807, 2.05) is 0 Å². The Hall–Kier alpha value is -1.91. The van der Waals surface area contributed by atoms with Crippen molar-refractivity contribution in [2.24, 2.45) is 0 Å². The molecule has 3 aromatic carbocycles. The van der Waals surface area contributed by atoms with Crippen LogP contribution in [0.4, 0.5) is 0 Å². The van der Waals surface area contributed by atoms with E-state index in [1.54, 1.807) is 0 Å². The number of benzene rings is 3. The van der Waals surface area contributed by atoms with Gasteiger partial charge in [-0.05, 0) is 91.1 Å². The Balaban J connectivity index is 2.44. The van der Waals surface area contributed by atoms with Crippen molar-refractivity contribution in [3.63, 3.8) is 0 Å². The Bertz CT molecular complexity index is 1090. The summed E-state index contributed by atoms with van der Waals surface area (Å²) in [5, 5.41) is 1.21. The molecule has 0 fully saturated rings. The van der Waals surface area contributed by atoms with Crippen LogP contribution in [0.15, 0.2) is 42.5 Å². The van der Waals surface area contributed by atoms with Crippen LogP contribution >= 0.6 is 9.24 Å². The molecule has 0 N–H and O–H groups in total. The van der Waals surface area contributed by atoms with Crippen LogP contribution < -0.4 is 5.30 Å². The van der Waals surface area contributed by atoms with Crippen LogP contribution in [0.1, 0.15) is 152 Å². The summed E-state index contributed by atoms with van der Waals surface area (Å²) in [6.07, 6.45) is 0. The molecule has 0 unspecified atom stereocenters. The lowest BCUT2D eigenvalue weighted by Gasteiger charge is -2.30. The van der Waals surface area contributed by atoms with Crippen LogP contribution in [0.3, 0.4) is 0 Å². The van der Waals surface area contributed by atoms with Crippen LogP contribution in [0.5, 0.6) is 0 Å². The summed E-state index contributed by atoms with van der Waals surface area (Å²) in [7, 11) is 4.25. The topological polar surface area (TPSA) is 0 Å². The van der Waals surface area contributed by atoms with E-state index in [-0.39, 0.29) is 0 Å². The van der Waals surface area contributed by atoms with Crippen molar-refractivity contribution >= 4 is 14.5 Å². The molecule has 0 aliphatic carbocycles. The van der Waals surface area contributed by atoms with Crippen LogP contribution in [-0.2, 0) is 0 Å². The van der Waals surface area contributed by atoms with E-state index in [9.17, 15) is 0 Å². The van der Waals surface area contributed by atoms with Crippen LogP contribution in [-0.4, -0.2) is 0 Å². The van der Waals surface area contributed by atoms with E-state index >= 15 is 0 Å². The highest BCUT2D eigenvalue weighted by Gasteiger charge is 2.22. The first-order valence-electron chi connectivity index (χ1n) is 14.5. The lowest BCUT2D eigenvalue weighted by molar-refractivity contribution is 0.807. The number of hydrogen-bond acceptors (Lipinski definition) is 0. The molecule has 0 aliphatic heterocycles. The largest absolute Gasteiger partial charge is 0.523 e. The Morgan fingerprint density at radius 2 is 0.703 bits per heavy atom. The fourth-order valence-electron chi connectivity index (χ4n) is 5.50. The lowest BCUT2D eigenvalue weighted by Crippen LogP contribution is -2.11. The van der Waals surface area contributed by atoms with E-state index in [0.29, 0.717) is 35.5 Å². The summed E-state index contributed by atoms with van der Waals surface area (Å²) < 4.78 is 0. The number of hydrogen-bond donors (Lipinski definition) is 0. The Morgan fingerprint density at radius 3 is 0.919 bits per heavy atom. The molecule has 1 heteroatoms. The molecule has 0 heterocycles. The molecule has 0 atom stereocenters. The van der Waals surface area contributed by atoms with Crippen molar-refractivity contribution < 1.29 is 0 Å². The zero-order valence-electron chi connectivity index (χ0n) is 25.5. The van der Waals surface area contributed by atoms with Gasteiger partial charge >= 0.3 is 0 Å². The molecule has 37 heavy (non-hydrogen) atoms. The van der Waals surface area contributed by atoms with Crippen molar-refractivity contribution in [3.8, 4) is 22.3 Å². The molecule has 0 radical (unpaired) electrons. The monoisotopic (exact) mass is 513 g/mol. The SMILES string of the molecule is CC(C)c1cc(C(C)C)c(-c2cccc(-c3c(C(C)C)cc(C(C)C)cc3C(C)C)c2[PH-])c(C(C)C)c1. The minimum atomic E-state index is 0.448. The van der Waals surface area contributed by atoms with E-state index in [2.05, 4.69) is 135 Å². The third-order valence-electron chi connectivity index (χ3n) is 7.87. The van der Waals surface area contributed by atoms with Crippen molar-refractivity contribution in [2.75, 3.05) is 0 Å². The van der Waals surface area contributed by atoms with Crippen molar-refractivity contribution in [2.45, 2.75) is 119 Å². The second-order valence-electron chi connectivity index (χ2n) is 12.8. The maximum absolute atomic E-state index is 4.25. The smallest absolute Gasteiger partial charge is 0.0137 e. The highest BCUT2D eigenvalue weighted by Crippen LogP contribution is 2.43. The Morgan fingerprint density at radius 1 is 0.432 bits per heavy atom. The first kappa shape index (κ1) is 29.6. The molecular formula is C36H50P-. The van der Waals surface area contributed by atoms with E-state index in [1.165, 1.54) is 60.9 Å². The minimum Gasteiger partial charge on any atom is -0.523 e. The van der Waals surface area contributed by atoms with Gasteiger partial charge in [-0.25, -0.2) is 0 Å². The van der Waals surface area contributed by atoms with Gasteiger partial charge in [-0.15, -0.1) is 0 Å². The predicted molar refractivity (Wildman–Crippen MR) is 170 cm³/mol. The second kappa shape index (κ2) is 11.9. The van der Waals surface area contributed by atoms with Crippen LogP contribution in [0.2, 0.25) is 0 Å². The van der Waals surface area contributed by atoms with Crippen LogP contribution in [0, 0.1) is 0 Å². The zero-order valence-corrected chi connectivity index (χ0v) is 26.5. The number of rotatable bonds is 8. The molecule has 0 aliphatic rings. The molecule has 3 aromatic rings. The molecule has 3 rings (SSSR count). The summed E-state index contributed by atoms with van der Waals surface area (Å²) in [6.45, 7) is 27.9. The standard InChI is InChI=1S/C36H50P/c1-20(2)26-16-30(22(5)6)34(31(17-26)23(7)8)28-14-13-15-29(36(28)37)35-32(24(9)10)18-27(21(3)4)19-33(35)25(11)12/h13-25,37H,1-12H3/q-1. The maximum atomic E-state index is 4.25. The molecule has 0 nitrogen and oxygen atoms in total. The van der Waals surface area contributed by atoms with Gasteiger partial charge in [0.25, 0.3) is 0 Å². The molecule has 0 saturated heterocycles. The molecule has 0 bridgehead atoms. The predicted octanol–water partition coefficient (Wildman–Crippen LogP) is 11.5. The van der Waals surface area contributed by atoms with Gasteiger partial charge in [0.15, 0.2) is 0 Å². The summed E-state index contributed by atoms with van der Waals surface area (Å²) >= 11 is 0. The summed E-state index contributed by atoms with van der Waals surface area (Å²) in [4.78, 5) is 0. The Kier molecular flexibility index (Phi) is 9.51. The summed E-state index contributed by atoms with van der Waals surface area (Å²) in [6, 6.07) is 16.8. The molecular weight excluding hydrogens is 463 g/mol. The summed E-state index contributed by atoms with van der Waals surface area (Å²) in [5.74, 6) is 2.82. The molecule has 0 aromatic heterocycles. The lowest BCUT2D eigenvalue weighted by atomic mass is 9.79. The highest BCUT2D eigenvalue weighted by atomic mass is 31.0. The van der Waals surface area contributed by atoms with Crippen molar-refractivity contribution in [1.29, 1.82) is 0 Å². The molecule has 0 saturated carbocycles. The van der Waals surface area contributed by atoms with E-state index < -0.39 is 0 Å². The van der Waals surface area contributed by atoms with Gasteiger partial charge in [-0.1, -0.05) is 126 Å². The third-order valence-corrected chi connectivity index (χ3v) is 8.41.